The predicted molar refractivity (Wildman–Crippen MR) is 76.2 cm³/mol. The van der Waals surface area contributed by atoms with E-state index in [1.165, 1.54) is 31.4 Å². The Kier molecular flexibility index (Phi) is 4.65. The molecule has 1 heterocycles. The first kappa shape index (κ1) is 13.4. The second kappa shape index (κ2) is 6.24. The van der Waals surface area contributed by atoms with Gasteiger partial charge in [-0.3, -0.25) is 0 Å². The van der Waals surface area contributed by atoms with E-state index in [1.807, 2.05) is 0 Å². The van der Waals surface area contributed by atoms with Crippen molar-refractivity contribution in [3.05, 3.63) is 29.8 Å². The molecule has 1 fully saturated rings. The van der Waals surface area contributed by atoms with Gasteiger partial charge < -0.3 is 10.1 Å². The minimum absolute atomic E-state index is 0.339. The van der Waals surface area contributed by atoms with E-state index in [0.29, 0.717) is 5.54 Å². The minimum atomic E-state index is 0.339. The minimum Gasteiger partial charge on any atom is -0.494 e. The fraction of sp³-hybridized carbons (Fsp3) is 0.625. The van der Waals surface area contributed by atoms with E-state index >= 15 is 0 Å². The number of rotatable bonds is 6. The highest BCUT2D eigenvalue weighted by atomic mass is 16.5. The smallest absolute Gasteiger partial charge is 0.119 e. The van der Waals surface area contributed by atoms with E-state index in [4.69, 9.17) is 4.74 Å². The molecule has 0 amide bonds. The van der Waals surface area contributed by atoms with Crippen LogP contribution in [0.3, 0.4) is 0 Å². The lowest BCUT2D eigenvalue weighted by molar-refractivity contribution is 0.317. The highest BCUT2D eigenvalue weighted by Gasteiger charge is 2.31. The molecule has 1 aromatic rings. The monoisotopic (exact) mass is 247 g/mol. The lowest BCUT2D eigenvalue weighted by Gasteiger charge is -2.28. The molecule has 0 saturated carbocycles. The summed E-state index contributed by atoms with van der Waals surface area (Å²) < 4.78 is 5.62. The van der Waals surface area contributed by atoms with Crippen LogP contribution < -0.4 is 10.1 Å². The molecule has 1 aliphatic rings. The fourth-order valence-corrected chi connectivity index (χ4v) is 2.76. The van der Waals surface area contributed by atoms with Crippen molar-refractivity contribution in [3.63, 3.8) is 0 Å². The summed E-state index contributed by atoms with van der Waals surface area (Å²) in [7, 11) is 0. The van der Waals surface area contributed by atoms with Gasteiger partial charge in [-0.1, -0.05) is 26.0 Å². The summed E-state index contributed by atoms with van der Waals surface area (Å²) in [5.41, 5.74) is 1.75. The lowest BCUT2D eigenvalue weighted by Crippen LogP contribution is -2.41. The summed E-state index contributed by atoms with van der Waals surface area (Å²) in [5, 5.41) is 3.69. The molecule has 1 N–H and O–H groups in total. The molecule has 0 aromatic heterocycles. The average Bonchev–Trinajstić information content (AvgIpc) is 2.87. The Morgan fingerprint density at radius 2 is 2.00 bits per heavy atom. The number of hydrogen-bond donors (Lipinski definition) is 1. The number of hydrogen-bond acceptors (Lipinski definition) is 2. The Bertz CT molecular complexity index is 352. The zero-order valence-corrected chi connectivity index (χ0v) is 11.7. The topological polar surface area (TPSA) is 21.3 Å². The summed E-state index contributed by atoms with van der Waals surface area (Å²) >= 11 is 0. The molecule has 1 atom stereocenters. The van der Waals surface area contributed by atoms with Crippen LogP contribution in [0.2, 0.25) is 0 Å². The first-order valence-corrected chi connectivity index (χ1v) is 7.25. The van der Waals surface area contributed by atoms with Gasteiger partial charge in [-0.05, 0) is 56.3 Å². The van der Waals surface area contributed by atoms with Gasteiger partial charge in [0.25, 0.3) is 0 Å². The van der Waals surface area contributed by atoms with E-state index < -0.39 is 0 Å². The normalized spacial score (nSPS) is 23.2. The summed E-state index contributed by atoms with van der Waals surface area (Å²) in [6.45, 7) is 6.40. The summed E-state index contributed by atoms with van der Waals surface area (Å²) in [4.78, 5) is 0. The van der Waals surface area contributed by atoms with Gasteiger partial charge in [0.05, 0.1) is 6.61 Å². The molecule has 1 aromatic carbocycles. The highest BCUT2D eigenvalue weighted by Crippen LogP contribution is 2.27. The quantitative estimate of drug-likeness (QED) is 0.830. The van der Waals surface area contributed by atoms with Crippen molar-refractivity contribution in [2.24, 2.45) is 0 Å². The molecule has 1 aliphatic heterocycles. The SMILES string of the molecule is CCCOc1ccc(CC2(CC)CCCN2)cc1. The van der Waals surface area contributed by atoms with Crippen molar-refractivity contribution in [2.45, 2.75) is 51.5 Å². The Hall–Kier alpha value is -1.02. The first-order valence-electron chi connectivity index (χ1n) is 7.25. The largest absolute Gasteiger partial charge is 0.494 e. The Labute approximate surface area is 111 Å². The third kappa shape index (κ3) is 3.26. The van der Waals surface area contributed by atoms with Crippen LogP contribution in [0.5, 0.6) is 5.75 Å². The van der Waals surface area contributed by atoms with Crippen LogP contribution in [-0.4, -0.2) is 18.7 Å². The number of ether oxygens (including phenoxy) is 1. The van der Waals surface area contributed by atoms with Gasteiger partial charge in [0.15, 0.2) is 0 Å². The van der Waals surface area contributed by atoms with Crippen LogP contribution in [-0.2, 0) is 6.42 Å². The second-order valence-electron chi connectivity index (χ2n) is 5.33. The van der Waals surface area contributed by atoms with Crippen LogP contribution in [0.25, 0.3) is 0 Å². The van der Waals surface area contributed by atoms with E-state index in [-0.39, 0.29) is 0 Å². The van der Waals surface area contributed by atoms with Crippen LogP contribution in [0.1, 0.15) is 45.1 Å². The summed E-state index contributed by atoms with van der Waals surface area (Å²) in [6, 6.07) is 8.62. The molecule has 1 unspecified atom stereocenters. The van der Waals surface area contributed by atoms with Crippen molar-refractivity contribution in [1.29, 1.82) is 0 Å². The zero-order valence-electron chi connectivity index (χ0n) is 11.7. The van der Waals surface area contributed by atoms with Crippen molar-refractivity contribution in [1.82, 2.24) is 5.32 Å². The van der Waals surface area contributed by atoms with E-state index in [2.05, 4.69) is 43.4 Å². The third-order valence-electron chi connectivity index (χ3n) is 3.95. The Balaban J connectivity index is 1.97. The van der Waals surface area contributed by atoms with E-state index in [9.17, 15) is 0 Å². The second-order valence-corrected chi connectivity index (χ2v) is 5.33. The zero-order chi connectivity index (χ0) is 12.8. The maximum absolute atomic E-state index is 5.62. The van der Waals surface area contributed by atoms with Gasteiger partial charge >= 0.3 is 0 Å². The number of nitrogens with one attached hydrogen (secondary N) is 1. The molecule has 1 saturated heterocycles. The van der Waals surface area contributed by atoms with Gasteiger partial charge in [-0.2, -0.15) is 0 Å². The van der Waals surface area contributed by atoms with Crippen LogP contribution >= 0.6 is 0 Å². The molecule has 0 radical (unpaired) electrons. The van der Waals surface area contributed by atoms with E-state index in [0.717, 1.165) is 25.2 Å². The molecule has 0 aliphatic carbocycles. The third-order valence-corrected chi connectivity index (χ3v) is 3.95. The summed E-state index contributed by atoms with van der Waals surface area (Å²) in [5.74, 6) is 0.991. The Morgan fingerprint density at radius 3 is 2.56 bits per heavy atom. The molecule has 18 heavy (non-hydrogen) atoms. The van der Waals surface area contributed by atoms with Crippen LogP contribution in [0.4, 0.5) is 0 Å². The first-order chi connectivity index (χ1) is 8.78. The molecule has 2 rings (SSSR count). The van der Waals surface area contributed by atoms with Crippen molar-refractivity contribution >= 4 is 0 Å². The van der Waals surface area contributed by atoms with E-state index in [1.54, 1.807) is 0 Å². The summed E-state index contributed by atoms with van der Waals surface area (Å²) in [6.07, 6.45) is 6.02. The molecule has 100 valence electrons. The highest BCUT2D eigenvalue weighted by molar-refractivity contribution is 5.28. The number of benzene rings is 1. The molecular formula is C16H25NO. The molecular weight excluding hydrogens is 222 g/mol. The lowest BCUT2D eigenvalue weighted by atomic mass is 9.87. The molecule has 0 bridgehead atoms. The standard InChI is InChI=1S/C16H25NO/c1-3-12-18-15-8-6-14(7-9-15)13-16(4-2)10-5-11-17-16/h6-9,17H,3-5,10-13H2,1-2H3. The fourth-order valence-electron chi connectivity index (χ4n) is 2.76. The maximum Gasteiger partial charge on any atom is 0.119 e. The predicted octanol–water partition coefficient (Wildman–Crippen LogP) is 3.55. The maximum atomic E-state index is 5.62. The molecule has 2 heteroatoms. The van der Waals surface area contributed by atoms with Gasteiger partial charge in [0.1, 0.15) is 5.75 Å². The average molecular weight is 247 g/mol. The van der Waals surface area contributed by atoms with Crippen molar-refractivity contribution < 1.29 is 4.74 Å². The Morgan fingerprint density at radius 1 is 1.22 bits per heavy atom. The van der Waals surface area contributed by atoms with Crippen LogP contribution in [0.15, 0.2) is 24.3 Å². The van der Waals surface area contributed by atoms with Gasteiger partial charge in [-0.15, -0.1) is 0 Å². The van der Waals surface area contributed by atoms with Gasteiger partial charge in [-0.25, -0.2) is 0 Å². The van der Waals surface area contributed by atoms with Crippen molar-refractivity contribution in [3.8, 4) is 5.75 Å². The molecule has 2 nitrogen and oxygen atoms in total. The van der Waals surface area contributed by atoms with Crippen molar-refractivity contribution in [2.75, 3.05) is 13.2 Å². The van der Waals surface area contributed by atoms with Gasteiger partial charge in [0, 0.05) is 5.54 Å². The van der Waals surface area contributed by atoms with Crippen LogP contribution in [0, 0.1) is 0 Å². The van der Waals surface area contributed by atoms with Gasteiger partial charge in [0.2, 0.25) is 0 Å². The molecule has 0 spiro atoms.